The van der Waals surface area contributed by atoms with Gasteiger partial charge in [-0.15, -0.1) is 0 Å². The Balaban J connectivity index is 2.24. The van der Waals surface area contributed by atoms with E-state index in [0.29, 0.717) is 0 Å². The lowest BCUT2D eigenvalue weighted by atomic mass is 10.2. The Morgan fingerprint density at radius 3 is 2.29 bits per heavy atom. The number of hydrogen-bond donors (Lipinski definition) is 0. The first kappa shape index (κ1) is 19.2. The van der Waals surface area contributed by atoms with E-state index >= 15 is 0 Å². The molecule has 0 aliphatic heterocycles. The Bertz CT molecular complexity index is 1080. The quantitative estimate of drug-likeness (QED) is 0.377. The molecule has 144 valence electrons. The summed E-state index contributed by atoms with van der Waals surface area (Å²) in [6.07, 6.45) is -0.393. The van der Waals surface area contributed by atoms with Crippen molar-refractivity contribution in [3.8, 4) is 17.2 Å². The maximum Gasteiger partial charge on any atom is 0.383 e. The topological polar surface area (TPSA) is 92.0 Å². The molecule has 2 aromatic carbocycles. The highest BCUT2D eigenvalue weighted by Crippen LogP contribution is 2.39. The van der Waals surface area contributed by atoms with Crippen molar-refractivity contribution in [2.45, 2.75) is 26.9 Å². The second-order valence-electron chi connectivity index (χ2n) is 6.19. The van der Waals surface area contributed by atoms with Crippen LogP contribution in [0.15, 0.2) is 57.7 Å². The molecule has 1 heterocycles. The van der Waals surface area contributed by atoms with Crippen molar-refractivity contribution in [1.82, 2.24) is 0 Å². The van der Waals surface area contributed by atoms with Gasteiger partial charge in [0.25, 0.3) is 0 Å². The van der Waals surface area contributed by atoms with E-state index in [1.165, 1.54) is 19.1 Å². The lowest BCUT2D eigenvalue weighted by Crippen LogP contribution is -2.18. The maximum absolute atomic E-state index is 12.6. The molecule has 0 saturated heterocycles. The maximum atomic E-state index is 12.6. The average Bonchev–Trinajstić information content (AvgIpc) is 2.64. The molecule has 7 nitrogen and oxygen atoms in total. The van der Waals surface area contributed by atoms with Gasteiger partial charge in [0.05, 0.1) is 11.7 Å². The van der Waals surface area contributed by atoms with Gasteiger partial charge in [-0.2, -0.15) is 0 Å². The molecule has 0 bridgehead atoms. The summed E-state index contributed by atoms with van der Waals surface area (Å²) < 4.78 is 21.6. The summed E-state index contributed by atoms with van der Waals surface area (Å²) in [5, 5.41) is 0.150. The lowest BCUT2D eigenvalue weighted by molar-refractivity contribution is -0.131. The van der Waals surface area contributed by atoms with E-state index in [1.54, 1.807) is 50.2 Å². The van der Waals surface area contributed by atoms with Crippen molar-refractivity contribution in [2.24, 2.45) is 0 Å². The number of esters is 2. The van der Waals surface area contributed by atoms with E-state index in [-0.39, 0.29) is 33.8 Å². The van der Waals surface area contributed by atoms with E-state index < -0.39 is 23.7 Å². The third kappa shape index (κ3) is 4.03. The third-order valence-corrected chi connectivity index (χ3v) is 3.62. The molecule has 0 unspecified atom stereocenters. The van der Waals surface area contributed by atoms with Crippen LogP contribution in [0.1, 0.15) is 31.1 Å². The van der Waals surface area contributed by atoms with Gasteiger partial charge in [-0.1, -0.05) is 24.3 Å². The number of fused-ring (bicyclic) bond motifs is 1. The van der Waals surface area contributed by atoms with Crippen molar-refractivity contribution in [1.29, 1.82) is 0 Å². The second kappa shape index (κ2) is 7.96. The molecule has 3 rings (SSSR count). The molecule has 0 amide bonds. The highest BCUT2D eigenvalue weighted by atomic mass is 16.6. The summed E-state index contributed by atoms with van der Waals surface area (Å²) in [6, 6.07) is 12.8. The van der Waals surface area contributed by atoms with Gasteiger partial charge in [-0.05, 0) is 38.1 Å². The van der Waals surface area contributed by atoms with Gasteiger partial charge in [0.15, 0.2) is 5.75 Å². The largest absolute Gasteiger partial charge is 0.481 e. The second-order valence-corrected chi connectivity index (χ2v) is 6.19. The van der Waals surface area contributed by atoms with Gasteiger partial charge in [0.1, 0.15) is 16.7 Å². The predicted octanol–water partition coefficient (Wildman–Crippen LogP) is 3.72. The standard InChI is InChI=1S/C21H18O7/c1-12(2)25-19-18(28-20(23)14-8-5-4-6-9-14)17-15(26-13(3)22)10-7-11-16(17)27-21(19)24/h4-12H,1-3H3. The summed E-state index contributed by atoms with van der Waals surface area (Å²) in [5.41, 5.74) is -0.433. The number of benzene rings is 2. The molecule has 3 aromatic rings. The molecule has 0 aliphatic rings. The number of carbonyl (C=O) groups excluding carboxylic acids is 2. The first-order valence-corrected chi connectivity index (χ1v) is 8.59. The monoisotopic (exact) mass is 382 g/mol. The highest BCUT2D eigenvalue weighted by molar-refractivity contribution is 5.98. The van der Waals surface area contributed by atoms with Gasteiger partial charge >= 0.3 is 17.6 Å². The smallest absolute Gasteiger partial charge is 0.383 e. The fraction of sp³-hybridized carbons (Fsp3) is 0.190. The van der Waals surface area contributed by atoms with Gasteiger partial charge in [-0.3, -0.25) is 4.79 Å². The molecule has 0 aliphatic carbocycles. The molecule has 0 spiro atoms. The molecule has 7 heteroatoms. The number of hydrogen-bond acceptors (Lipinski definition) is 7. The molecule has 0 N–H and O–H groups in total. The van der Waals surface area contributed by atoms with Crippen LogP contribution < -0.4 is 19.8 Å². The minimum Gasteiger partial charge on any atom is -0.481 e. The van der Waals surface area contributed by atoms with Gasteiger partial charge < -0.3 is 18.6 Å². The normalized spacial score (nSPS) is 10.7. The molecular weight excluding hydrogens is 364 g/mol. The molecule has 28 heavy (non-hydrogen) atoms. The van der Waals surface area contributed by atoms with Gasteiger partial charge in [0.2, 0.25) is 5.75 Å². The van der Waals surface area contributed by atoms with E-state index in [4.69, 9.17) is 18.6 Å². The number of ether oxygens (including phenoxy) is 3. The highest BCUT2D eigenvalue weighted by Gasteiger charge is 2.25. The minimum absolute atomic E-state index is 0.0817. The van der Waals surface area contributed by atoms with E-state index in [2.05, 4.69) is 0 Å². The van der Waals surface area contributed by atoms with E-state index in [0.717, 1.165) is 0 Å². The fourth-order valence-corrected chi connectivity index (χ4v) is 2.57. The van der Waals surface area contributed by atoms with Crippen molar-refractivity contribution < 1.29 is 28.2 Å². The van der Waals surface area contributed by atoms with E-state index in [1.807, 2.05) is 0 Å². The third-order valence-electron chi connectivity index (χ3n) is 3.62. The molecule has 1 aromatic heterocycles. The predicted molar refractivity (Wildman–Crippen MR) is 101 cm³/mol. The van der Waals surface area contributed by atoms with Crippen LogP contribution in [-0.2, 0) is 4.79 Å². The summed E-state index contributed by atoms with van der Waals surface area (Å²) >= 11 is 0. The zero-order chi connectivity index (χ0) is 20.3. The van der Waals surface area contributed by atoms with Crippen LogP contribution in [-0.4, -0.2) is 18.0 Å². The summed E-state index contributed by atoms with van der Waals surface area (Å²) in [5.74, 6) is -1.63. The first-order valence-electron chi connectivity index (χ1n) is 8.59. The molecule has 0 fully saturated rings. The van der Waals surface area contributed by atoms with Gasteiger partial charge in [-0.25, -0.2) is 9.59 Å². The minimum atomic E-state index is -0.808. The van der Waals surface area contributed by atoms with Crippen molar-refractivity contribution in [2.75, 3.05) is 0 Å². The molecule has 0 saturated carbocycles. The van der Waals surface area contributed by atoms with Crippen molar-refractivity contribution in [3.63, 3.8) is 0 Å². The Morgan fingerprint density at radius 1 is 0.929 bits per heavy atom. The van der Waals surface area contributed by atoms with Crippen LogP contribution in [0.4, 0.5) is 0 Å². The SMILES string of the molecule is CC(=O)Oc1cccc2oc(=O)c(OC(C)C)c(OC(=O)c3ccccc3)c12. The zero-order valence-corrected chi connectivity index (χ0v) is 15.6. The molecule has 0 atom stereocenters. The Morgan fingerprint density at radius 2 is 1.64 bits per heavy atom. The first-order chi connectivity index (χ1) is 13.4. The number of carbonyl (C=O) groups is 2. The van der Waals surface area contributed by atoms with Crippen LogP contribution in [0.3, 0.4) is 0 Å². The van der Waals surface area contributed by atoms with Gasteiger partial charge in [0, 0.05) is 6.92 Å². The Hall–Kier alpha value is -3.61. The lowest BCUT2D eigenvalue weighted by Gasteiger charge is -2.16. The Labute approximate surface area is 160 Å². The zero-order valence-electron chi connectivity index (χ0n) is 15.6. The van der Waals surface area contributed by atoms with Crippen LogP contribution in [0.2, 0.25) is 0 Å². The Kier molecular flexibility index (Phi) is 5.44. The fourth-order valence-electron chi connectivity index (χ4n) is 2.57. The van der Waals surface area contributed by atoms with Crippen LogP contribution in [0.25, 0.3) is 11.0 Å². The van der Waals surface area contributed by atoms with Crippen LogP contribution in [0.5, 0.6) is 17.2 Å². The summed E-state index contributed by atoms with van der Waals surface area (Å²) in [4.78, 5) is 36.6. The number of rotatable bonds is 5. The molecule has 0 radical (unpaired) electrons. The summed E-state index contributed by atoms with van der Waals surface area (Å²) in [7, 11) is 0. The van der Waals surface area contributed by atoms with Crippen molar-refractivity contribution in [3.05, 3.63) is 64.5 Å². The van der Waals surface area contributed by atoms with Crippen molar-refractivity contribution >= 4 is 22.9 Å². The molecular formula is C21H18O7. The average molecular weight is 382 g/mol. The summed E-state index contributed by atoms with van der Waals surface area (Å²) in [6.45, 7) is 4.66. The van der Waals surface area contributed by atoms with Crippen LogP contribution in [0, 0.1) is 0 Å². The van der Waals surface area contributed by atoms with Crippen LogP contribution >= 0.6 is 0 Å². The van der Waals surface area contributed by atoms with E-state index in [9.17, 15) is 14.4 Å².